The summed E-state index contributed by atoms with van der Waals surface area (Å²) in [5, 5.41) is 11.2. The monoisotopic (exact) mass is 600 g/mol. The zero-order chi connectivity index (χ0) is 31.8. The van der Waals surface area contributed by atoms with E-state index in [1.165, 1.54) is 25.7 Å². The Balaban J connectivity index is 1.57. The van der Waals surface area contributed by atoms with Crippen LogP contribution in [0.4, 0.5) is 0 Å². The van der Waals surface area contributed by atoms with Crippen molar-refractivity contribution in [3.05, 3.63) is 0 Å². The number of fused-ring (bicyclic) bond motifs is 7. The summed E-state index contributed by atoms with van der Waals surface area (Å²) in [5.41, 5.74) is 10.3. The predicted molar refractivity (Wildman–Crippen MR) is 172 cm³/mol. The maximum absolute atomic E-state index is 13.7. The van der Waals surface area contributed by atoms with E-state index in [1.807, 2.05) is 0 Å². The number of unbranched alkanes of at least 4 members (excludes halogenated alkanes) is 1. The largest absolute Gasteiger partial charge is 0.478 e. The zero-order valence-electron chi connectivity index (χ0n) is 28.8. The molecule has 0 bridgehead atoms. The van der Waals surface area contributed by atoms with Crippen LogP contribution in [0, 0.1) is 62.6 Å². The van der Waals surface area contributed by atoms with Crippen molar-refractivity contribution in [3.8, 4) is 0 Å². The number of carboxylic acids is 1. The lowest BCUT2D eigenvalue weighted by Crippen LogP contribution is -2.74. The molecule has 0 radical (unpaired) electrons. The van der Waals surface area contributed by atoms with Crippen molar-refractivity contribution < 1.29 is 19.4 Å². The number of esters is 1. The maximum atomic E-state index is 13.7. The minimum Gasteiger partial charge on any atom is -0.478 e. The lowest BCUT2D eigenvalue weighted by Gasteiger charge is -2.75. The molecule has 5 fully saturated rings. The molecule has 5 N–H and O–H groups in total. The van der Waals surface area contributed by atoms with Crippen LogP contribution in [0.25, 0.3) is 0 Å². The van der Waals surface area contributed by atoms with Gasteiger partial charge in [0.15, 0.2) is 0 Å². The van der Waals surface area contributed by atoms with E-state index in [0.717, 1.165) is 56.8 Å². The van der Waals surface area contributed by atoms with E-state index in [4.69, 9.17) is 16.2 Å². The molecule has 6 nitrogen and oxygen atoms in total. The highest BCUT2D eigenvalue weighted by atomic mass is 16.6. The molecule has 0 aromatic heterocycles. The standard InChI is InChI=1S/C37H64N2O4/c1-23-14-16-33(5)19-20-34(6)25(29(33)24(23)2)12-13-28-35(34,7)17-15-27-32(3,4)18-21-37(31(41)42,36(27,28)8)43-30(40)26(39)11-9-10-22-38/h23-29H,9-22,38-39H2,1-8H3,(H,41,42)/t23-,24+,25-,26+,27+,28+,29+,33-,34-,35-,36+,37?/m1/s1. The van der Waals surface area contributed by atoms with E-state index >= 15 is 0 Å². The van der Waals surface area contributed by atoms with Crippen molar-refractivity contribution in [1.29, 1.82) is 0 Å². The van der Waals surface area contributed by atoms with Crippen LogP contribution in [-0.4, -0.2) is 35.2 Å². The number of aliphatic carboxylic acids is 1. The summed E-state index contributed by atoms with van der Waals surface area (Å²) in [4.78, 5) is 27.3. The predicted octanol–water partition coefficient (Wildman–Crippen LogP) is 7.57. The molecule has 0 spiro atoms. The molecule has 0 aromatic rings. The third-order valence-corrected chi connectivity index (χ3v) is 16.0. The van der Waals surface area contributed by atoms with E-state index in [1.54, 1.807) is 0 Å². The Labute approximate surface area is 262 Å². The van der Waals surface area contributed by atoms with Crippen LogP contribution >= 0.6 is 0 Å². The van der Waals surface area contributed by atoms with E-state index in [0.29, 0.717) is 36.6 Å². The second-order valence-corrected chi connectivity index (χ2v) is 17.9. The van der Waals surface area contributed by atoms with Gasteiger partial charge in [0.2, 0.25) is 5.60 Å². The summed E-state index contributed by atoms with van der Waals surface area (Å²) < 4.78 is 6.40. The van der Waals surface area contributed by atoms with Crippen LogP contribution < -0.4 is 11.5 Å². The molecule has 0 aromatic carbocycles. The van der Waals surface area contributed by atoms with Crippen molar-refractivity contribution in [2.45, 2.75) is 151 Å². The van der Waals surface area contributed by atoms with E-state index in [-0.39, 0.29) is 28.1 Å². The first kappa shape index (κ1) is 33.2. The molecular weight excluding hydrogens is 536 g/mol. The Hall–Kier alpha value is -1.14. The number of ether oxygens (including phenoxy) is 1. The van der Waals surface area contributed by atoms with Gasteiger partial charge in [-0.15, -0.1) is 0 Å². The zero-order valence-corrected chi connectivity index (χ0v) is 28.8. The quantitative estimate of drug-likeness (QED) is 0.205. The van der Waals surface area contributed by atoms with Gasteiger partial charge in [0, 0.05) is 5.41 Å². The van der Waals surface area contributed by atoms with Gasteiger partial charge in [-0.05, 0) is 141 Å². The fourth-order valence-electron chi connectivity index (χ4n) is 13.0. The highest BCUT2D eigenvalue weighted by molar-refractivity contribution is 5.85. The van der Waals surface area contributed by atoms with Crippen LogP contribution in [0.5, 0.6) is 0 Å². The number of nitrogens with two attached hydrogens (primary N) is 2. The Kier molecular flexibility index (Phi) is 8.49. The highest BCUT2D eigenvalue weighted by Gasteiger charge is 2.76. The second kappa shape index (κ2) is 11.0. The lowest BCUT2D eigenvalue weighted by molar-refractivity contribution is -0.294. The normalized spacial score (nSPS) is 49.4. The van der Waals surface area contributed by atoms with E-state index in [9.17, 15) is 14.7 Å². The summed E-state index contributed by atoms with van der Waals surface area (Å²) in [6.07, 6.45) is 12.5. The van der Waals surface area contributed by atoms with Crippen LogP contribution in [0.15, 0.2) is 0 Å². The third-order valence-electron chi connectivity index (χ3n) is 16.0. The summed E-state index contributed by atoms with van der Waals surface area (Å²) in [7, 11) is 0. The van der Waals surface area contributed by atoms with Gasteiger partial charge in [-0.2, -0.15) is 0 Å². The van der Waals surface area contributed by atoms with Crippen molar-refractivity contribution in [2.24, 2.45) is 74.0 Å². The lowest BCUT2D eigenvalue weighted by atomic mass is 9.30. The van der Waals surface area contributed by atoms with E-state index < -0.39 is 29.0 Å². The maximum Gasteiger partial charge on any atom is 0.348 e. The second-order valence-electron chi connectivity index (χ2n) is 17.9. The number of carbonyl (C=O) groups excluding carboxylic acids is 1. The topological polar surface area (TPSA) is 116 Å². The summed E-state index contributed by atoms with van der Waals surface area (Å²) in [6.45, 7) is 20.1. The minimum atomic E-state index is -1.57. The van der Waals surface area contributed by atoms with Crippen LogP contribution in [-0.2, 0) is 14.3 Å². The van der Waals surface area contributed by atoms with Gasteiger partial charge >= 0.3 is 11.9 Å². The van der Waals surface area contributed by atoms with E-state index in [2.05, 4.69) is 55.4 Å². The van der Waals surface area contributed by atoms with Gasteiger partial charge in [0.25, 0.3) is 0 Å². The minimum absolute atomic E-state index is 0.0212. The number of hydrogen-bond acceptors (Lipinski definition) is 5. The molecule has 6 heteroatoms. The number of carboxylic acid groups (broad SMARTS) is 1. The fourth-order valence-corrected chi connectivity index (χ4v) is 13.0. The number of rotatable bonds is 7. The van der Waals surface area contributed by atoms with Gasteiger partial charge in [-0.1, -0.05) is 61.8 Å². The first-order valence-corrected chi connectivity index (χ1v) is 17.9. The molecule has 0 aliphatic heterocycles. The molecule has 12 atom stereocenters. The summed E-state index contributed by atoms with van der Waals surface area (Å²) in [6, 6.07) is -0.825. The first-order chi connectivity index (χ1) is 19.9. The Morgan fingerprint density at radius 2 is 1.53 bits per heavy atom. The molecule has 5 saturated carbocycles. The number of hydrogen-bond donors (Lipinski definition) is 3. The van der Waals surface area contributed by atoms with Crippen LogP contribution in [0.2, 0.25) is 0 Å². The molecule has 5 aliphatic carbocycles. The Bertz CT molecular complexity index is 1090. The molecule has 246 valence electrons. The molecule has 1 unspecified atom stereocenters. The van der Waals surface area contributed by atoms with Gasteiger partial charge in [-0.25, -0.2) is 4.79 Å². The molecule has 0 heterocycles. The van der Waals surface area contributed by atoms with Crippen molar-refractivity contribution in [3.63, 3.8) is 0 Å². The summed E-state index contributed by atoms with van der Waals surface area (Å²) in [5.74, 6) is 1.64. The number of carbonyl (C=O) groups is 2. The average Bonchev–Trinajstić information content (AvgIpc) is 2.93. The van der Waals surface area contributed by atoms with Gasteiger partial charge in [-0.3, -0.25) is 4.79 Å². The van der Waals surface area contributed by atoms with Gasteiger partial charge < -0.3 is 21.3 Å². The van der Waals surface area contributed by atoms with Gasteiger partial charge in [0.05, 0.1) is 0 Å². The first-order valence-electron chi connectivity index (χ1n) is 17.9. The molecular formula is C37H64N2O4. The third kappa shape index (κ3) is 4.60. The Morgan fingerprint density at radius 1 is 0.837 bits per heavy atom. The SMILES string of the molecule is C[C@@H]1[C@H]2[C@H]3CC[C@@H]4[C@]5(C)[C@@H](CC[C@@]4(C)[C@]3(C)CC[C@@]2(C)CC[C@H]1C)C(C)(C)CCC5(OC(=O)[C@@H](N)CCCCN)C(=O)O. The molecule has 43 heavy (non-hydrogen) atoms. The summed E-state index contributed by atoms with van der Waals surface area (Å²) >= 11 is 0. The molecule has 0 amide bonds. The fraction of sp³-hybridized carbons (Fsp3) is 0.946. The van der Waals surface area contributed by atoms with Gasteiger partial charge in [0.1, 0.15) is 6.04 Å². The molecule has 0 saturated heterocycles. The smallest absolute Gasteiger partial charge is 0.348 e. The van der Waals surface area contributed by atoms with Crippen molar-refractivity contribution in [2.75, 3.05) is 6.54 Å². The van der Waals surface area contributed by atoms with Crippen LogP contribution in [0.1, 0.15) is 139 Å². The highest BCUT2D eigenvalue weighted by Crippen LogP contribution is 2.78. The Morgan fingerprint density at radius 3 is 2.19 bits per heavy atom. The molecule has 5 rings (SSSR count). The van der Waals surface area contributed by atoms with Crippen molar-refractivity contribution in [1.82, 2.24) is 0 Å². The average molecular weight is 601 g/mol. The molecule has 5 aliphatic rings. The van der Waals surface area contributed by atoms with Crippen molar-refractivity contribution >= 4 is 11.9 Å². The van der Waals surface area contributed by atoms with Crippen LogP contribution in [0.3, 0.4) is 0 Å².